The van der Waals surface area contributed by atoms with Gasteiger partial charge < -0.3 is 5.32 Å². The molecule has 1 N–H and O–H groups in total. The Kier molecular flexibility index (Phi) is 3.80. The first-order valence-electron chi connectivity index (χ1n) is 3.97. The van der Waals surface area contributed by atoms with Crippen LogP contribution in [0.15, 0.2) is 18.3 Å². The maximum Gasteiger partial charge on any atom is 0.148 e. The first-order chi connectivity index (χ1) is 5.86. The van der Waals surface area contributed by atoms with Crippen molar-refractivity contribution in [2.45, 2.75) is 19.4 Å². The van der Waals surface area contributed by atoms with E-state index in [-0.39, 0.29) is 6.04 Å². The molecule has 0 saturated carbocycles. The van der Waals surface area contributed by atoms with Gasteiger partial charge in [-0.15, -0.1) is 16.7 Å². The second-order valence-electron chi connectivity index (χ2n) is 2.51. The van der Waals surface area contributed by atoms with Gasteiger partial charge in [-0.05, 0) is 18.6 Å². The summed E-state index contributed by atoms with van der Waals surface area (Å²) in [6, 6.07) is 4.00. The van der Waals surface area contributed by atoms with Crippen LogP contribution >= 0.6 is 11.6 Å². The number of hydrogen-bond acceptors (Lipinski definition) is 3. The molecule has 1 atom stereocenters. The van der Waals surface area contributed by atoms with Gasteiger partial charge >= 0.3 is 0 Å². The van der Waals surface area contributed by atoms with E-state index in [0.717, 1.165) is 12.2 Å². The summed E-state index contributed by atoms with van der Waals surface area (Å²) in [5, 5.41) is 10.8. The van der Waals surface area contributed by atoms with Crippen molar-refractivity contribution >= 4 is 17.4 Å². The zero-order valence-corrected chi connectivity index (χ0v) is 7.75. The van der Waals surface area contributed by atoms with Gasteiger partial charge in [0.25, 0.3) is 0 Å². The van der Waals surface area contributed by atoms with Crippen molar-refractivity contribution in [3.05, 3.63) is 18.3 Å². The Bertz CT molecular complexity index is 211. The Morgan fingerprint density at radius 3 is 3.00 bits per heavy atom. The molecule has 0 spiro atoms. The fourth-order valence-electron chi connectivity index (χ4n) is 0.837. The van der Waals surface area contributed by atoms with E-state index in [9.17, 15) is 0 Å². The topological polar surface area (TPSA) is 37.8 Å². The summed E-state index contributed by atoms with van der Waals surface area (Å²) in [7, 11) is 0. The van der Waals surface area contributed by atoms with E-state index >= 15 is 0 Å². The number of halogens is 1. The largest absolute Gasteiger partial charge is 0.365 e. The highest BCUT2D eigenvalue weighted by molar-refractivity contribution is 6.18. The van der Waals surface area contributed by atoms with Crippen LogP contribution in [0, 0.1) is 0 Å². The molecular weight excluding hydrogens is 174 g/mol. The lowest BCUT2D eigenvalue weighted by Gasteiger charge is -2.12. The molecular formula is C8H12ClN3. The third kappa shape index (κ3) is 2.66. The molecule has 1 rings (SSSR count). The van der Waals surface area contributed by atoms with Gasteiger partial charge in [-0.25, -0.2) is 0 Å². The monoisotopic (exact) mass is 185 g/mol. The highest BCUT2D eigenvalue weighted by Gasteiger charge is 2.03. The number of rotatable bonds is 4. The predicted octanol–water partition coefficient (Wildman–Crippen LogP) is 1.91. The van der Waals surface area contributed by atoms with E-state index in [2.05, 4.69) is 22.4 Å². The summed E-state index contributed by atoms with van der Waals surface area (Å²) in [6.07, 6.45) is 2.63. The fourth-order valence-corrected chi connectivity index (χ4v) is 1.13. The van der Waals surface area contributed by atoms with Crippen molar-refractivity contribution < 1.29 is 0 Å². The highest BCUT2D eigenvalue weighted by Crippen LogP contribution is 2.04. The van der Waals surface area contributed by atoms with Crippen LogP contribution in [0.4, 0.5) is 5.82 Å². The van der Waals surface area contributed by atoms with Gasteiger partial charge in [0, 0.05) is 18.1 Å². The molecule has 1 unspecified atom stereocenters. The average Bonchev–Trinajstić information content (AvgIpc) is 2.16. The Morgan fingerprint density at radius 2 is 2.50 bits per heavy atom. The number of alkyl halides is 1. The summed E-state index contributed by atoms with van der Waals surface area (Å²) in [4.78, 5) is 0. The number of hydrogen-bond donors (Lipinski definition) is 1. The molecule has 0 saturated heterocycles. The van der Waals surface area contributed by atoms with Gasteiger partial charge in [0.1, 0.15) is 5.82 Å². The second kappa shape index (κ2) is 4.93. The van der Waals surface area contributed by atoms with E-state index < -0.39 is 0 Å². The number of anilines is 1. The molecule has 1 aromatic rings. The van der Waals surface area contributed by atoms with Crippen LogP contribution in [-0.4, -0.2) is 22.1 Å². The lowest BCUT2D eigenvalue weighted by atomic mass is 10.2. The number of aromatic nitrogens is 2. The van der Waals surface area contributed by atoms with E-state index in [4.69, 9.17) is 11.6 Å². The van der Waals surface area contributed by atoms with Crippen LogP contribution in [-0.2, 0) is 0 Å². The van der Waals surface area contributed by atoms with Crippen LogP contribution in [0.5, 0.6) is 0 Å². The molecule has 3 nitrogen and oxygen atoms in total. The molecule has 0 aromatic carbocycles. The maximum atomic E-state index is 5.71. The maximum absolute atomic E-state index is 5.71. The molecule has 0 amide bonds. The first kappa shape index (κ1) is 9.26. The minimum Gasteiger partial charge on any atom is -0.365 e. The van der Waals surface area contributed by atoms with Crippen LogP contribution in [0.25, 0.3) is 0 Å². The van der Waals surface area contributed by atoms with E-state index in [1.807, 2.05) is 12.1 Å². The minimum absolute atomic E-state index is 0.281. The van der Waals surface area contributed by atoms with E-state index in [0.29, 0.717) is 5.88 Å². The lowest BCUT2D eigenvalue weighted by molar-refractivity contribution is 0.761. The fraction of sp³-hybridized carbons (Fsp3) is 0.500. The summed E-state index contributed by atoms with van der Waals surface area (Å²) < 4.78 is 0. The van der Waals surface area contributed by atoms with Gasteiger partial charge in [0.2, 0.25) is 0 Å². The van der Waals surface area contributed by atoms with Crippen molar-refractivity contribution in [1.29, 1.82) is 0 Å². The second-order valence-corrected chi connectivity index (χ2v) is 2.82. The standard InChI is InChI=1S/C8H12ClN3/c1-2-7(6-9)11-8-4-3-5-10-12-8/h3-5,7H,2,6H2,1H3,(H,11,12). The Balaban J connectivity index is 2.51. The van der Waals surface area contributed by atoms with Crippen molar-refractivity contribution in [3.8, 4) is 0 Å². The third-order valence-electron chi connectivity index (χ3n) is 1.60. The van der Waals surface area contributed by atoms with Crippen LogP contribution in [0.2, 0.25) is 0 Å². The van der Waals surface area contributed by atoms with Gasteiger partial charge in [-0.3, -0.25) is 0 Å². The lowest BCUT2D eigenvalue weighted by Crippen LogP contribution is -2.20. The molecule has 0 bridgehead atoms. The zero-order valence-electron chi connectivity index (χ0n) is 7.00. The van der Waals surface area contributed by atoms with E-state index in [1.54, 1.807) is 6.20 Å². The Labute approximate surface area is 77.2 Å². The molecule has 0 aliphatic carbocycles. The molecule has 66 valence electrons. The van der Waals surface area contributed by atoms with Crippen LogP contribution in [0.3, 0.4) is 0 Å². The molecule has 1 aromatic heterocycles. The number of nitrogens with zero attached hydrogens (tertiary/aromatic N) is 2. The van der Waals surface area contributed by atoms with Gasteiger partial charge in [0.15, 0.2) is 0 Å². The highest BCUT2D eigenvalue weighted by atomic mass is 35.5. The molecule has 12 heavy (non-hydrogen) atoms. The minimum atomic E-state index is 0.281. The van der Waals surface area contributed by atoms with Crippen LogP contribution < -0.4 is 5.32 Å². The van der Waals surface area contributed by atoms with Crippen molar-refractivity contribution in [3.63, 3.8) is 0 Å². The summed E-state index contributed by atoms with van der Waals surface area (Å²) in [5.41, 5.74) is 0. The molecule has 0 radical (unpaired) electrons. The molecule has 4 heteroatoms. The smallest absolute Gasteiger partial charge is 0.148 e. The summed E-state index contributed by atoms with van der Waals surface area (Å²) >= 11 is 5.71. The molecule has 1 heterocycles. The molecule has 0 aliphatic heterocycles. The van der Waals surface area contributed by atoms with E-state index in [1.165, 1.54) is 0 Å². The average molecular weight is 186 g/mol. The number of nitrogens with one attached hydrogen (secondary N) is 1. The summed E-state index contributed by atoms with van der Waals surface area (Å²) in [5.74, 6) is 1.37. The zero-order chi connectivity index (χ0) is 8.81. The molecule has 0 fully saturated rings. The quantitative estimate of drug-likeness (QED) is 0.729. The third-order valence-corrected chi connectivity index (χ3v) is 1.98. The SMILES string of the molecule is CCC(CCl)Nc1cccnn1. The molecule has 0 aliphatic rings. The van der Waals surface area contributed by atoms with Gasteiger partial charge in [-0.2, -0.15) is 5.10 Å². The van der Waals surface area contributed by atoms with Crippen LogP contribution in [0.1, 0.15) is 13.3 Å². The first-order valence-corrected chi connectivity index (χ1v) is 4.50. The van der Waals surface area contributed by atoms with Gasteiger partial charge in [-0.1, -0.05) is 6.92 Å². The van der Waals surface area contributed by atoms with Gasteiger partial charge in [0.05, 0.1) is 0 Å². The normalized spacial score (nSPS) is 12.5. The Hall–Kier alpha value is -0.830. The Morgan fingerprint density at radius 1 is 1.67 bits per heavy atom. The summed E-state index contributed by atoms with van der Waals surface area (Å²) in [6.45, 7) is 2.08. The van der Waals surface area contributed by atoms with Crippen molar-refractivity contribution in [1.82, 2.24) is 10.2 Å². The predicted molar refractivity (Wildman–Crippen MR) is 50.5 cm³/mol. The van der Waals surface area contributed by atoms with Crippen molar-refractivity contribution in [2.75, 3.05) is 11.2 Å². The van der Waals surface area contributed by atoms with Crippen molar-refractivity contribution in [2.24, 2.45) is 0 Å².